The molecule has 1 heterocycles. The van der Waals surface area contributed by atoms with E-state index < -0.39 is 0 Å². The Labute approximate surface area is 334 Å². The predicted molar refractivity (Wildman–Crippen MR) is 241 cm³/mol. The zero-order valence-electron chi connectivity index (χ0n) is 31.5. The van der Waals surface area contributed by atoms with Gasteiger partial charge >= 0.3 is 0 Å². The van der Waals surface area contributed by atoms with Crippen LogP contribution in [0.5, 0.6) is 0 Å². The van der Waals surface area contributed by atoms with Crippen molar-refractivity contribution in [2.45, 2.75) is 6.54 Å². The summed E-state index contributed by atoms with van der Waals surface area (Å²) in [5, 5.41) is 2.54. The molecule has 1 aromatic heterocycles. The van der Waals surface area contributed by atoms with Crippen molar-refractivity contribution < 1.29 is 0 Å². The molecule has 0 radical (unpaired) electrons. The van der Waals surface area contributed by atoms with Gasteiger partial charge < -0.3 is 9.47 Å². The van der Waals surface area contributed by atoms with Crippen LogP contribution in [0.15, 0.2) is 231 Å². The Morgan fingerprint density at radius 2 is 0.737 bits per heavy atom. The lowest BCUT2D eigenvalue weighted by atomic mass is 9.96. The summed E-state index contributed by atoms with van der Waals surface area (Å²) in [5.41, 5.74) is 16.8. The van der Waals surface area contributed by atoms with Crippen molar-refractivity contribution in [3.63, 3.8) is 0 Å². The number of rotatable bonds is 9. The molecule has 57 heavy (non-hydrogen) atoms. The molecular formula is C55H40N2. The van der Waals surface area contributed by atoms with Gasteiger partial charge in [0.2, 0.25) is 0 Å². The van der Waals surface area contributed by atoms with Gasteiger partial charge in [0.15, 0.2) is 0 Å². The van der Waals surface area contributed by atoms with Crippen molar-refractivity contribution in [2.24, 2.45) is 0 Å². The second-order valence-corrected chi connectivity index (χ2v) is 14.5. The van der Waals surface area contributed by atoms with E-state index in [0.717, 1.165) is 17.1 Å². The number of nitrogens with zero attached hydrogens (tertiary/aromatic N) is 2. The van der Waals surface area contributed by atoms with Crippen molar-refractivity contribution in [3.05, 3.63) is 236 Å². The van der Waals surface area contributed by atoms with Crippen molar-refractivity contribution >= 4 is 33.2 Å². The molecule has 0 saturated heterocycles. The smallest absolute Gasteiger partial charge is 0.0541 e. The van der Waals surface area contributed by atoms with E-state index in [2.05, 4.69) is 240 Å². The molecule has 0 aliphatic carbocycles. The van der Waals surface area contributed by atoms with E-state index in [4.69, 9.17) is 0 Å². The summed E-state index contributed by atoms with van der Waals surface area (Å²) in [6, 6.07) is 83.3. The quantitative estimate of drug-likeness (QED) is 0.144. The van der Waals surface area contributed by atoms with Crippen molar-refractivity contribution in [1.29, 1.82) is 0 Å². The van der Waals surface area contributed by atoms with Crippen molar-refractivity contribution in [2.75, 3.05) is 4.90 Å². The van der Waals surface area contributed by atoms with E-state index in [1.165, 1.54) is 71.9 Å². The van der Waals surface area contributed by atoms with Gasteiger partial charge in [-0.2, -0.15) is 0 Å². The second kappa shape index (κ2) is 15.0. The highest BCUT2D eigenvalue weighted by atomic mass is 15.1. The Morgan fingerprint density at radius 1 is 0.316 bits per heavy atom. The molecule has 0 unspecified atom stereocenters. The monoisotopic (exact) mass is 728 g/mol. The van der Waals surface area contributed by atoms with E-state index in [-0.39, 0.29) is 0 Å². The average molecular weight is 729 g/mol. The molecule has 0 aliphatic rings. The summed E-state index contributed by atoms with van der Waals surface area (Å²) in [6.45, 7) is 0.689. The summed E-state index contributed by atoms with van der Waals surface area (Å²) in [4.78, 5) is 2.47. The number of anilines is 2. The third-order valence-electron chi connectivity index (χ3n) is 11.1. The van der Waals surface area contributed by atoms with Crippen LogP contribution in [0.1, 0.15) is 5.56 Å². The molecule has 0 amide bonds. The standard InChI is InChI=1S/C55H40N2/c1-3-15-40(16-4-1)42-27-29-45(30-28-42)50-21-9-12-24-53(50)56(47-35-31-43(32-36-47)41-17-5-2-6-18-41)39-46-19-7-8-20-49(46)44-33-37-48(38-34-44)57-54-25-13-10-22-51(54)52-23-11-14-26-55(52)57/h1-38H,39H2. The maximum atomic E-state index is 2.47. The topological polar surface area (TPSA) is 8.17 Å². The van der Waals surface area contributed by atoms with E-state index in [9.17, 15) is 0 Å². The summed E-state index contributed by atoms with van der Waals surface area (Å²) in [7, 11) is 0. The lowest BCUT2D eigenvalue weighted by Gasteiger charge is -2.29. The largest absolute Gasteiger partial charge is 0.336 e. The van der Waals surface area contributed by atoms with Gasteiger partial charge in [-0.25, -0.2) is 0 Å². The third-order valence-corrected chi connectivity index (χ3v) is 11.1. The van der Waals surface area contributed by atoms with E-state index >= 15 is 0 Å². The first kappa shape index (κ1) is 34.1. The zero-order chi connectivity index (χ0) is 38.0. The van der Waals surface area contributed by atoms with Crippen LogP contribution in [-0.2, 0) is 6.54 Å². The highest BCUT2D eigenvalue weighted by molar-refractivity contribution is 6.09. The first-order valence-electron chi connectivity index (χ1n) is 19.6. The first-order valence-corrected chi connectivity index (χ1v) is 19.6. The van der Waals surface area contributed by atoms with Gasteiger partial charge in [-0.05, 0) is 87.0 Å². The molecule has 0 aliphatic heterocycles. The van der Waals surface area contributed by atoms with Crippen LogP contribution < -0.4 is 4.90 Å². The van der Waals surface area contributed by atoms with Gasteiger partial charge in [0.05, 0.1) is 11.0 Å². The maximum Gasteiger partial charge on any atom is 0.0541 e. The van der Waals surface area contributed by atoms with Crippen LogP contribution in [0.4, 0.5) is 11.4 Å². The minimum Gasteiger partial charge on any atom is -0.336 e. The second-order valence-electron chi connectivity index (χ2n) is 14.5. The average Bonchev–Trinajstić information content (AvgIpc) is 3.64. The molecule has 2 nitrogen and oxygen atoms in total. The molecule has 10 rings (SSSR count). The molecule has 270 valence electrons. The fourth-order valence-electron chi connectivity index (χ4n) is 8.31. The fraction of sp³-hybridized carbons (Fsp3) is 0.0182. The molecule has 0 bridgehead atoms. The number of hydrogen-bond donors (Lipinski definition) is 0. The highest BCUT2D eigenvalue weighted by Gasteiger charge is 2.19. The van der Waals surface area contributed by atoms with Crippen LogP contribution in [0.2, 0.25) is 0 Å². The van der Waals surface area contributed by atoms with Crippen LogP contribution in [-0.4, -0.2) is 4.57 Å². The first-order chi connectivity index (χ1) is 28.3. The molecule has 0 spiro atoms. The van der Waals surface area contributed by atoms with E-state index in [1.807, 2.05) is 0 Å². The van der Waals surface area contributed by atoms with Crippen LogP contribution in [0.3, 0.4) is 0 Å². The van der Waals surface area contributed by atoms with E-state index in [0.29, 0.717) is 6.54 Å². The van der Waals surface area contributed by atoms with Gasteiger partial charge in [-0.15, -0.1) is 0 Å². The summed E-state index contributed by atoms with van der Waals surface area (Å²) >= 11 is 0. The number of para-hydroxylation sites is 3. The Balaban J connectivity index is 1.04. The molecule has 0 saturated carbocycles. The number of aromatic nitrogens is 1. The predicted octanol–water partition coefficient (Wildman–Crippen LogP) is 14.8. The fourth-order valence-corrected chi connectivity index (χ4v) is 8.31. The lowest BCUT2D eigenvalue weighted by molar-refractivity contribution is 0.978. The molecular weight excluding hydrogens is 689 g/mol. The zero-order valence-corrected chi connectivity index (χ0v) is 31.5. The van der Waals surface area contributed by atoms with Crippen molar-refractivity contribution in [1.82, 2.24) is 4.57 Å². The number of hydrogen-bond acceptors (Lipinski definition) is 1. The minimum absolute atomic E-state index is 0.689. The number of benzene rings is 9. The van der Waals surface area contributed by atoms with Gasteiger partial charge in [0, 0.05) is 39.9 Å². The molecule has 0 atom stereocenters. The van der Waals surface area contributed by atoms with Crippen LogP contribution >= 0.6 is 0 Å². The summed E-state index contributed by atoms with van der Waals surface area (Å²) < 4.78 is 2.38. The van der Waals surface area contributed by atoms with Crippen LogP contribution in [0.25, 0.3) is 72.0 Å². The summed E-state index contributed by atoms with van der Waals surface area (Å²) in [5.74, 6) is 0. The Kier molecular flexibility index (Phi) is 8.98. The normalized spacial score (nSPS) is 11.2. The van der Waals surface area contributed by atoms with Crippen LogP contribution in [0, 0.1) is 0 Å². The maximum absolute atomic E-state index is 2.47. The number of fused-ring (bicyclic) bond motifs is 3. The van der Waals surface area contributed by atoms with Gasteiger partial charge in [0.1, 0.15) is 0 Å². The summed E-state index contributed by atoms with van der Waals surface area (Å²) in [6.07, 6.45) is 0. The van der Waals surface area contributed by atoms with Gasteiger partial charge in [0.25, 0.3) is 0 Å². The SMILES string of the molecule is c1ccc(-c2ccc(-c3ccccc3N(Cc3ccccc3-c3ccc(-n4c5ccccc5c5ccccc54)cc3)c3ccc(-c4ccccc4)cc3)cc2)cc1. The molecule has 0 fully saturated rings. The Morgan fingerprint density at radius 3 is 1.35 bits per heavy atom. The Bertz CT molecular complexity index is 2890. The molecule has 2 heteroatoms. The third kappa shape index (κ3) is 6.58. The molecule has 10 aromatic rings. The highest BCUT2D eigenvalue weighted by Crippen LogP contribution is 2.40. The van der Waals surface area contributed by atoms with Gasteiger partial charge in [-0.3, -0.25) is 0 Å². The minimum atomic E-state index is 0.689. The van der Waals surface area contributed by atoms with E-state index in [1.54, 1.807) is 0 Å². The molecule has 0 N–H and O–H groups in total. The molecule has 9 aromatic carbocycles. The Hall–Kier alpha value is -7.42. The van der Waals surface area contributed by atoms with Gasteiger partial charge in [-0.1, -0.05) is 188 Å². The van der Waals surface area contributed by atoms with Crippen molar-refractivity contribution in [3.8, 4) is 50.2 Å². The lowest BCUT2D eigenvalue weighted by Crippen LogP contribution is -2.18.